The Morgan fingerprint density at radius 3 is 2.51 bits per heavy atom. The third-order valence-electron chi connectivity index (χ3n) is 6.03. The number of fused-ring (bicyclic) bond motifs is 1. The lowest BCUT2D eigenvalue weighted by Crippen LogP contribution is -2.36. The number of nitrogens with one attached hydrogen (secondary N) is 1. The fraction of sp³-hybridized carbons (Fsp3) is 0.292. The van der Waals surface area contributed by atoms with Crippen molar-refractivity contribution in [2.24, 2.45) is 5.41 Å². The quantitative estimate of drug-likeness (QED) is 0.285. The van der Waals surface area contributed by atoms with Gasteiger partial charge in [0.1, 0.15) is 17.7 Å². The summed E-state index contributed by atoms with van der Waals surface area (Å²) in [6, 6.07) is 8.61. The number of thioether (sulfide) groups is 1. The predicted octanol–water partition coefficient (Wildman–Crippen LogP) is 5.41. The minimum absolute atomic E-state index is 0.00736. The van der Waals surface area contributed by atoms with Gasteiger partial charge in [0.15, 0.2) is 5.78 Å². The molecule has 2 aliphatic rings. The summed E-state index contributed by atoms with van der Waals surface area (Å²) in [6.07, 6.45) is 0.897. The molecule has 1 N–H and O–H groups in total. The number of Topliss-reactive ketones (excluding diaryl/α,β-unsaturated/α-hetero) is 1. The van der Waals surface area contributed by atoms with Crippen molar-refractivity contribution >= 4 is 29.2 Å². The molecule has 0 spiro atoms. The Balaban J connectivity index is 1.50. The minimum Gasteiger partial charge on any atom is -0.328 e. The van der Waals surface area contributed by atoms with Crippen LogP contribution >= 0.6 is 11.8 Å². The van der Waals surface area contributed by atoms with Gasteiger partial charge >= 0.3 is 0 Å². The van der Waals surface area contributed by atoms with E-state index in [2.05, 4.69) is 15.4 Å². The zero-order valence-electron chi connectivity index (χ0n) is 18.9. The van der Waals surface area contributed by atoms with Gasteiger partial charge in [-0.3, -0.25) is 14.9 Å². The zero-order valence-corrected chi connectivity index (χ0v) is 19.7. The maximum Gasteiger partial charge on any atom is 0.269 e. The second-order valence-electron chi connectivity index (χ2n) is 9.44. The molecule has 180 valence electrons. The summed E-state index contributed by atoms with van der Waals surface area (Å²) in [6.45, 7) is 4.00. The predicted molar refractivity (Wildman–Crippen MR) is 126 cm³/mol. The van der Waals surface area contributed by atoms with Crippen molar-refractivity contribution in [2.75, 3.05) is 5.32 Å². The molecule has 1 aromatic heterocycles. The minimum atomic E-state index is -0.809. The summed E-state index contributed by atoms with van der Waals surface area (Å²) in [5, 5.41) is 19.0. The van der Waals surface area contributed by atoms with Crippen LogP contribution in [0.5, 0.6) is 0 Å². The van der Waals surface area contributed by atoms with Crippen molar-refractivity contribution in [1.82, 2.24) is 14.8 Å². The molecule has 0 saturated heterocycles. The van der Waals surface area contributed by atoms with E-state index in [1.165, 1.54) is 40.7 Å². The van der Waals surface area contributed by atoms with Crippen LogP contribution in [0.4, 0.5) is 20.4 Å². The molecule has 0 fully saturated rings. The fourth-order valence-corrected chi connectivity index (χ4v) is 5.34. The summed E-state index contributed by atoms with van der Waals surface area (Å²) in [5.41, 5.74) is 2.00. The first kappa shape index (κ1) is 23.2. The summed E-state index contributed by atoms with van der Waals surface area (Å²) >= 11 is 1.31. The van der Waals surface area contributed by atoms with E-state index in [4.69, 9.17) is 0 Å². The van der Waals surface area contributed by atoms with Gasteiger partial charge in [0.05, 0.1) is 4.92 Å². The summed E-state index contributed by atoms with van der Waals surface area (Å²) in [7, 11) is 0. The average Bonchev–Trinajstić information content (AvgIpc) is 3.17. The third-order valence-corrected chi connectivity index (χ3v) is 6.94. The monoisotopic (exact) mass is 497 g/mol. The molecule has 5 rings (SSSR count). The highest BCUT2D eigenvalue weighted by atomic mass is 32.2. The average molecular weight is 498 g/mol. The number of nitro groups is 1. The van der Waals surface area contributed by atoms with E-state index in [9.17, 15) is 23.7 Å². The van der Waals surface area contributed by atoms with Gasteiger partial charge in [-0.2, -0.15) is 4.98 Å². The highest BCUT2D eigenvalue weighted by Crippen LogP contribution is 2.45. The van der Waals surface area contributed by atoms with Crippen LogP contribution in [0.2, 0.25) is 0 Å². The topological polar surface area (TPSA) is 103 Å². The number of hydrogen-bond donors (Lipinski definition) is 1. The number of ketones is 1. The normalized spacial score (nSPS) is 18.6. The lowest BCUT2D eigenvalue weighted by Gasteiger charge is -2.38. The highest BCUT2D eigenvalue weighted by molar-refractivity contribution is 7.98. The molecule has 0 bridgehead atoms. The van der Waals surface area contributed by atoms with Gasteiger partial charge in [-0.25, -0.2) is 13.5 Å². The Morgan fingerprint density at radius 2 is 1.86 bits per heavy atom. The molecule has 11 heteroatoms. The number of rotatable bonds is 5. The number of nitro benzene ring substituents is 1. The molecule has 2 heterocycles. The molecule has 0 radical (unpaired) electrons. The third kappa shape index (κ3) is 4.55. The van der Waals surface area contributed by atoms with Crippen LogP contribution < -0.4 is 5.32 Å². The van der Waals surface area contributed by atoms with E-state index >= 15 is 0 Å². The maximum atomic E-state index is 14.1. The second kappa shape index (κ2) is 8.56. The Labute approximate surface area is 203 Å². The molecule has 2 aromatic carbocycles. The first-order valence-electron chi connectivity index (χ1n) is 10.9. The van der Waals surface area contributed by atoms with E-state index in [0.717, 1.165) is 11.6 Å². The summed E-state index contributed by atoms with van der Waals surface area (Å²) in [4.78, 5) is 28.2. The van der Waals surface area contributed by atoms with Crippen molar-refractivity contribution in [2.45, 2.75) is 43.6 Å². The van der Waals surface area contributed by atoms with Gasteiger partial charge < -0.3 is 5.32 Å². The zero-order chi connectivity index (χ0) is 24.9. The number of aromatic nitrogens is 3. The highest BCUT2D eigenvalue weighted by Gasteiger charge is 2.42. The van der Waals surface area contributed by atoms with Gasteiger partial charge in [0.2, 0.25) is 11.1 Å². The Bertz CT molecular complexity index is 1360. The van der Waals surface area contributed by atoms with Gasteiger partial charge in [0.25, 0.3) is 5.69 Å². The van der Waals surface area contributed by atoms with Gasteiger partial charge in [0, 0.05) is 41.6 Å². The SMILES string of the molecule is CC1(C)CC(=O)C2=C(C1)Nc1nc(SCc3ccc([N+](=O)[O-])cc3)nn1C2c1cc(F)cc(F)c1. The molecule has 1 atom stereocenters. The van der Waals surface area contributed by atoms with Crippen LogP contribution in [-0.2, 0) is 10.5 Å². The summed E-state index contributed by atoms with van der Waals surface area (Å²) in [5.74, 6) is -0.730. The van der Waals surface area contributed by atoms with E-state index < -0.39 is 22.6 Å². The van der Waals surface area contributed by atoms with Crippen molar-refractivity contribution in [3.63, 3.8) is 0 Å². The molecule has 0 amide bonds. The molecule has 3 aromatic rings. The molecule has 1 aliphatic heterocycles. The van der Waals surface area contributed by atoms with Crippen molar-refractivity contribution in [3.8, 4) is 0 Å². The Morgan fingerprint density at radius 1 is 1.17 bits per heavy atom. The standard InChI is InChI=1S/C24H21F2N5O3S/c1-24(2)10-18-20(19(32)11-24)21(14-7-15(25)9-16(26)8-14)30-22(27-18)28-23(29-30)35-12-13-3-5-17(6-4-13)31(33)34/h3-9,21H,10-12H2,1-2H3,(H,27,28,29). The van der Waals surface area contributed by atoms with Crippen molar-refractivity contribution < 1.29 is 18.5 Å². The first-order chi connectivity index (χ1) is 16.6. The van der Waals surface area contributed by atoms with Crippen molar-refractivity contribution in [3.05, 3.63) is 86.6 Å². The number of anilines is 1. The Hall–Kier alpha value is -3.60. The lowest BCUT2D eigenvalue weighted by molar-refractivity contribution is -0.384. The van der Waals surface area contributed by atoms with Gasteiger partial charge in [-0.1, -0.05) is 37.7 Å². The van der Waals surface area contributed by atoms with E-state index in [0.29, 0.717) is 41.0 Å². The van der Waals surface area contributed by atoms with Gasteiger partial charge in [-0.15, -0.1) is 5.10 Å². The number of halogens is 2. The van der Waals surface area contributed by atoms with Gasteiger partial charge in [-0.05, 0) is 35.1 Å². The number of nitrogens with zero attached hydrogens (tertiary/aromatic N) is 4. The largest absolute Gasteiger partial charge is 0.328 e. The van der Waals surface area contributed by atoms with Crippen LogP contribution in [0, 0.1) is 27.2 Å². The molecule has 1 aliphatic carbocycles. The number of carbonyl (C=O) groups excluding carboxylic acids is 1. The van der Waals surface area contributed by atoms with Crippen LogP contribution in [0.25, 0.3) is 0 Å². The van der Waals surface area contributed by atoms with Crippen LogP contribution in [0.15, 0.2) is 58.9 Å². The molecule has 35 heavy (non-hydrogen) atoms. The molecule has 0 saturated carbocycles. The van der Waals surface area contributed by atoms with Crippen LogP contribution in [0.3, 0.4) is 0 Å². The second-order valence-corrected chi connectivity index (χ2v) is 10.4. The van der Waals surface area contributed by atoms with E-state index in [1.807, 2.05) is 13.8 Å². The van der Waals surface area contributed by atoms with E-state index in [1.54, 1.807) is 12.1 Å². The number of hydrogen-bond acceptors (Lipinski definition) is 7. The fourth-order valence-electron chi connectivity index (χ4n) is 4.55. The molecule has 8 nitrogen and oxygen atoms in total. The number of allylic oxidation sites excluding steroid dienone is 2. The van der Waals surface area contributed by atoms with E-state index in [-0.39, 0.29) is 22.4 Å². The summed E-state index contributed by atoms with van der Waals surface area (Å²) < 4.78 is 29.8. The van der Waals surface area contributed by atoms with Crippen LogP contribution in [0.1, 0.15) is 43.9 Å². The maximum absolute atomic E-state index is 14.1. The molecule has 1 unspecified atom stereocenters. The lowest BCUT2D eigenvalue weighted by atomic mass is 9.73. The Kier molecular flexibility index (Phi) is 5.66. The number of non-ortho nitro benzene ring substituents is 1. The smallest absolute Gasteiger partial charge is 0.269 e. The first-order valence-corrected chi connectivity index (χ1v) is 11.9. The number of benzene rings is 2. The van der Waals surface area contributed by atoms with Crippen LogP contribution in [-0.4, -0.2) is 25.5 Å². The molecular weight excluding hydrogens is 476 g/mol. The number of carbonyl (C=O) groups is 1. The van der Waals surface area contributed by atoms with Crippen molar-refractivity contribution in [1.29, 1.82) is 0 Å². The molecular formula is C24H21F2N5O3S.